The van der Waals surface area contributed by atoms with E-state index in [1.165, 1.54) is 4.90 Å². The Morgan fingerprint density at radius 3 is 2.50 bits per heavy atom. The summed E-state index contributed by atoms with van der Waals surface area (Å²) in [4.78, 5) is 26.3. The van der Waals surface area contributed by atoms with Gasteiger partial charge >= 0.3 is 0 Å². The molecular formula is C15H15Cl2NO2. The molecule has 3 nitrogen and oxygen atoms in total. The van der Waals surface area contributed by atoms with Gasteiger partial charge in [-0.1, -0.05) is 30.1 Å². The summed E-state index contributed by atoms with van der Waals surface area (Å²) >= 11 is 12.0. The van der Waals surface area contributed by atoms with Crippen LogP contribution in [0.2, 0.25) is 10.0 Å². The van der Waals surface area contributed by atoms with Gasteiger partial charge < -0.3 is 0 Å². The first kappa shape index (κ1) is 13.9. The minimum atomic E-state index is -0.182. The Kier molecular flexibility index (Phi) is 3.51. The van der Waals surface area contributed by atoms with Gasteiger partial charge in [0, 0.05) is 5.02 Å². The second kappa shape index (κ2) is 5.05. The summed E-state index contributed by atoms with van der Waals surface area (Å²) in [5.41, 5.74) is 0.452. The van der Waals surface area contributed by atoms with Gasteiger partial charge in [-0.3, -0.25) is 9.59 Å². The first-order chi connectivity index (χ1) is 9.49. The van der Waals surface area contributed by atoms with E-state index in [1.807, 2.05) is 0 Å². The Labute approximate surface area is 127 Å². The third-order valence-corrected chi connectivity index (χ3v) is 4.88. The maximum Gasteiger partial charge on any atom is 0.237 e. The summed E-state index contributed by atoms with van der Waals surface area (Å²) in [7, 11) is 0. The highest BCUT2D eigenvalue weighted by Crippen LogP contribution is 2.43. The highest BCUT2D eigenvalue weighted by atomic mass is 35.5. The summed E-state index contributed by atoms with van der Waals surface area (Å²) in [6.07, 6.45) is 2.58. The first-order valence-corrected chi connectivity index (χ1v) is 7.57. The van der Waals surface area contributed by atoms with Crippen molar-refractivity contribution in [3.8, 4) is 0 Å². The number of amides is 2. The van der Waals surface area contributed by atoms with Gasteiger partial charge in [-0.15, -0.1) is 0 Å². The molecule has 2 fully saturated rings. The van der Waals surface area contributed by atoms with E-state index in [4.69, 9.17) is 23.2 Å². The highest BCUT2D eigenvalue weighted by molar-refractivity contribution is 6.38. The van der Waals surface area contributed by atoms with Crippen molar-refractivity contribution in [2.24, 2.45) is 17.8 Å². The van der Waals surface area contributed by atoms with E-state index in [0.717, 1.165) is 19.3 Å². The van der Waals surface area contributed by atoms with Crippen LogP contribution in [-0.4, -0.2) is 11.8 Å². The van der Waals surface area contributed by atoms with E-state index in [2.05, 4.69) is 6.92 Å². The molecule has 1 aromatic rings. The number of hydrogen-bond donors (Lipinski definition) is 0. The molecule has 2 aliphatic rings. The largest absolute Gasteiger partial charge is 0.274 e. The molecule has 1 aliphatic carbocycles. The SMILES string of the molecule is C[C@@H]1CC[C@@H]2C(=O)N(c3ccc(Cl)cc3Cl)C(=O)[C@@H]2C1. The van der Waals surface area contributed by atoms with Gasteiger partial charge in [0.2, 0.25) is 11.8 Å². The van der Waals surface area contributed by atoms with Gasteiger partial charge in [-0.2, -0.15) is 0 Å². The molecule has 1 saturated heterocycles. The second-order valence-corrected chi connectivity index (χ2v) is 6.58. The maximum absolute atomic E-state index is 12.5. The van der Waals surface area contributed by atoms with Crippen LogP contribution in [0.5, 0.6) is 0 Å². The Balaban J connectivity index is 1.98. The lowest BCUT2D eigenvalue weighted by Gasteiger charge is -2.25. The van der Waals surface area contributed by atoms with E-state index in [-0.39, 0.29) is 23.7 Å². The molecule has 0 bridgehead atoms. The summed E-state index contributed by atoms with van der Waals surface area (Å²) in [5, 5.41) is 0.828. The van der Waals surface area contributed by atoms with Crippen LogP contribution in [0.15, 0.2) is 18.2 Å². The Morgan fingerprint density at radius 2 is 1.80 bits per heavy atom. The van der Waals surface area contributed by atoms with Gasteiger partial charge in [0.1, 0.15) is 0 Å². The van der Waals surface area contributed by atoms with Crippen LogP contribution in [0.25, 0.3) is 0 Å². The van der Waals surface area contributed by atoms with Gasteiger partial charge in [-0.25, -0.2) is 4.90 Å². The molecule has 0 N–H and O–H groups in total. The number of hydrogen-bond acceptors (Lipinski definition) is 2. The number of imide groups is 1. The zero-order chi connectivity index (χ0) is 14.4. The number of fused-ring (bicyclic) bond motifs is 1. The number of benzene rings is 1. The maximum atomic E-state index is 12.5. The molecule has 3 atom stereocenters. The van der Waals surface area contributed by atoms with Crippen molar-refractivity contribution in [1.29, 1.82) is 0 Å². The molecule has 2 amide bonds. The molecule has 1 saturated carbocycles. The fourth-order valence-electron chi connectivity index (χ4n) is 3.29. The Morgan fingerprint density at radius 1 is 1.10 bits per heavy atom. The van der Waals surface area contributed by atoms with E-state index in [0.29, 0.717) is 21.7 Å². The summed E-state index contributed by atoms with van der Waals surface area (Å²) in [6, 6.07) is 4.85. The van der Waals surface area contributed by atoms with Crippen molar-refractivity contribution in [3.63, 3.8) is 0 Å². The molecule has 0 unspecified atom stereocenters. The molecule has 1 aliphatic heterocycles. The highest BCUT2D eigenvalue weighted by Gasteiger charge is 2.50. The normalized spacial score (nSPS) is 29.8. The fraction of sp³-hybridized carbons (Fsp3) is 0.467. The van der Waals surface area contributed by atoms with E-state index in [1.54, 1.807) is 18.2 Å². The Bertz CT molecular complexity index is 587. The second-order valence-electron chi connectivity index (χ2n) is 5.74. The van der Waals surface area contributed by atoms with Crippen LogP contribution in [-0.2, 0) is 9.59 Å². The lowest BCUT2D eigenvalue weighted by Crippen LogP contribution is -2.31. The lowest BCUT2D eigenvalue weighted by atomic mass is 9.76. The molecule has 0 radical (unpaired) electrons. The third kappa shape index (κ3) is 2.13. The van der Waals surface area contributed by atoms with Gasteiger partial charge in [0.15, 0.2) is 0 Å². The van der Waals surface area contributed by atoms with Crippen molar-refractivity contribution in [2.45, 2.75) is 26.2 Å². The predicted octanol–water partition coefficient (Wildman–Crippen LogP) is 3.92. The standard InChI is InChI=1S/C15H15Cl2NO2/c1-8-2-4-10-11(6-8)15(20)18(14(10)19)13-5-3-9(16)7-12(13)17/h3,5,7-8,10-11H,2,4,6H2,1H3/t8-,10+,11-/m1/s1. The molecule has 20 heavy (non-hydrogen) atoms. The molecular weight excluding hydrogens is 297 g/mol. The lowest BCUT2D eigenvalue weighted by molar-refractivity contribution is -0.122. The quantitative estimate of drug-likeness (QED) is 0.737. The van der Waals surface area contributed by atoms with Crippen molar-refractivity contribution in [2.75, 3.05) is 4.90 Å². The zero-order valence-corrected chi connectivity index (χ0v) is 12.6. The first-order valence-electron chi connectivity index (χ1n) is 6.82. The van der Waals surface area contributed by atoms with Crippen LogP contribution >= 0.6 is 23.2 Å². The number of anilines is 1. The van der Waals surface area contributed by atoms with Gasteiger partial charge in [0.25, 0.3) is 0 Å². The molecule has 5 heteroatoms. The molecule has 0 spiro atoms. The van der Waals surface area contributed by atoms with Crippen LogP contribution in [0.1, 0.15) is 26.2 Å². The van der Waals surface area contributed by atoms with Gasteiger partial charge in [0.05, 0.1) is 22.5 Å². The van der Waals surface area contributed by atoms with Crippen LogP contribution in [0.3, 0.4) is 0 Å². The fourth-order valence-corrected chi connectivity index (χ4v) is 3.78. The third-order valence-electron chi connectivity index (χ3n) is 4.34. The monoisotopic (exact) mass is 311 g/mol. The molecule has 0 aromatic heterocycles. The average molecular weight is 312 g/mol. The number of rotatable bonds is 1. The topological polar surface area (TPSA) is 37.4 Å². The van der Waals surface area contributed by atoms with E-state index in [9.17, 15) is 9.59 Å². The van der Waals surface area contributed by atoms with Crippen molar-refractivity contribution in [1.82, 2.24) is 0 Å². The zero-order valence-electron chi connectivity index (χ0n) is 11.1. The minimum Gasteiger partial charge on any atom is -0.274 e. The van der Waals surface area contributed by atoms with Gasteiger partial charge in [-0.05, 0) is 43.4 Å². The number of carbonyl (C=O) groups excluding carboxylic acids is 2. The summed E-state index contributed by atoms with van der Waals surface area (Å²) in [5.74, 6) is -0.0935. The van der Waals surface area contributed by atoms with Crippen LogP contribution < -0.4 is 4.90 Å². The molecule has 106 valence electrons. The van der Waals surface area contributed by atoms with Crippen molar-refractivity contribution >= 4 is 40.7 Å². The molecule has 1 aromatic carbocycles. The minimum absolute atomic E-state index is 0.115. The Hall–Kier alpha value is -1.06. The number of halogens is 2. The van der Waals surface area contributed by atoms with E-state index < -0.39 is 0 Å². The van der Waals surface area contributed by atoms with Crippen LogP contribution in [0.4, 0.5) is 5.69 Å². The molecule has 3 rings (SSSR count). The van der Waals surface area contributed by atoms with Crippen LogP contribution in [0, 0.1) is 17.8 Å². The van der Waals surface area contributed by atoms with Crippen molar-refractivity contribution in [3.05, 3.63) is 28.2 Å². The molecule has 1 heterocycles. The number of carbonyl (C=O) groups is 2. The average Bonchev–Trinajstić information content (AvgIpc) is 2.63. The smallest absolute Gasteiger partial charge is 0.237 e. The summed E-state index contributed by atoms with van der Waals surface area (Å²) < 4.78 is 0. The van der Waals surface area contributed by atoms with Crippen molar-refractivity contribution < 1.29 is 9.59 Å². The predicted molar refractivity (Wildman–Crippen MR) is 79.0 cm³/mol. The van der Waals surface area contributed by atoms with E-state index >= 15 is 0 Å². The number of nitrogens with zero attached hydrogens (tertiary/aromatic N) is 1. The summed E-state index contributed by atoms with van der Waals surface area (Å²) in [6.45, 7) is 2.13.